The number of carbonyl (C=O) groups is 3. The Bertz CT molecular complexity index is 891. The third-order valence-corrected chi connectivity index (χ3v) is 8.26. The first-order valence-electron chi connectivity index (χ1n) is 19.0. The Morgan fingerprint density at radius 2 is 1.17 bits per heavy atom. The summed E-state index contributed by atoms with van der Waals surface area (Å²) in [5.74, 6) is -1.77. The SMILES string of the molecule is CC/C=C/C/C=C/CCCCCCCCCC(=O)OCC(COCCC(C(=O)[O-])[N+](C)(C)C)OC(=O)CCCCCC/C=C/CCCC. The first-order chi connectivity index (χ1) is 23.1. The van der Waals surface area contributed by atoms with Crippen molar-refractivity contribution in [3.8, 4) is 0 Å². The van der Waals surface area contributed by atoms with Crippen LogP contribution in [0.4, 0.5) is 0 Å². The number of hydrogen-bond donors (Lipinski definition) is 0. The molecule has 2 unspecified atom stereocenters. The van der Waals surface area contributed by atoms with Gasteiger partial charge in [0.05, 0.1) is 40.3 Å². The van der Waals surface area contributed by atoms with Crippen LogP contribution in [0.25, 0.3) is 0 Å². The van der Waals surface area contributed by atoms with E-state index in [1.165, 1.54) is 38.5 Å². The normalized spacial score (nSPS) is 13.4. The molecule has 0 aromatic carbocycles. The number of esters is 2. The van der Waals surface area contributed by atoms with Gasteiger partial charge in [0.25, 0.3) is 0 Å². The molecule has 0 N–H and O–H groups in total. The van der Waals surface area contributed by atoms with E-state index in [1.54, 1.807) is 21.1 Å². The zero-order chi connectivity index (χ0) is 35.7. The Hall–Kier alpha value is -2.45. The predicted molar refractivity (Wildman–Crippen MR) is 194 cm³/mol. The van der Waals surface area contributed by atoms with Crippen LogP contribution in [0.15, 0.2) is 36.5 Å². The number of carboxylic acid groups (broad SMARTS) is 1. The van der Waals surface area contributed by atoms with Gasteiger partial charge in [-0.15, -0.1) is 0 Å². The van der Waals surface area contributed by atoms with Crippen molar-refractivity contribution >= 4 is 17.9 Å². The van der Waals surface area contributed by atoms with Crippen LogP contribution < -0.4 is 5.11 Å². The van der Waals surface area contributed by atoms with Crippen molar-refractivity contribution in [2.45, 2.75) is 161 Å². The molecule has 0 bridgehead atoms. The molecule has 0 spiro atoms. The molecule has 0 aromatic heterocycles. The highest BCUT2D eigenvalue weighted by molar-refractivity contribution is 5.70. The third kappa shape index (κ3) is 29.7. The molecular formula is C40H71NO7. The average molecular weight is 678 g/mol. The van der Waals surface area contributed by atoms with E-state index in [9.17, 15) is 19.5 Å². The summed E-state index contributed by atoms with van der Waals surface area (Å²) in [7, 11) is 5.38. The summed E-state index contributed by atoms with van der Waals surface area (Å²) >= 11 is 0. The van der Waals surface area contributed by atoms with E-state index >= 15 is 0 Å². The third-order valence-electron chi connectivity index (χ3n) is 8.26. The van der Waals surface area contributed by atoms with Gasteiger partial charge < -0.3 is 28.6 Å². The number of unbranched alkanes of at least 4 members (excludes halogenated alkanes) is 13. The van der Waals surface area contributed by atoms with Gasteiger partial charge in [-0.3, -0.25) is 9.59 Å². The average Bonchev–Trinajstić information content (AvgIpc) is 3.03. The molecule has 0 aliphatic rings. The lowest BCUT2D eigenvalue weighted by molar-refractivity contribution is -0.889. The predicted octanol–water partition coefficient (Wildman–Crippen LogP) is 8.18. The van der Waals surface area contributed by atoms with Crippen molar-refractivity contribution < 1.29 is 38.2 Å². The van der Waals surface area contributed by atoms with E-state index in [4.69, 9.17) is 14.2 Å². The minimum atomic E-state index is -1.13. The Balaban J connectivity index is 4.42. The lowest BCUT2D eigenvalue weighted by Gasteiger charge is -2.34. The summed E-state index contributed by atoms with van der Waals surface area (Å²) in [4.78, 5) is 36.6. The summed E-state index contributed by atoms with van der Waals surface area (Å²) in [6, 6.07) is -0.726. The molecule has 0 aliphatic carbocycles. The molecule has 0 aliphatic heterocycles. The summed E-state index contributed by atoms with van der Waals surface area (Å²) in [6.07, 6.45) is 33.1. The fourth-order valence-electron chi connectivity index (χ4n) is 5.26. The molecule has 0 rings (SSSR count). The maximum Gasteiger partial charge on any atom is 0.306 e. The van der Waals surface area contributed by atoms with Gasteiger partial charge in [-0.1, -0.05) is 108 Å². The lowest BCUT2D eigenvalue weighted by atomic mass is 10.1. The molecular weight excluding hydrogens is 606 g/mol. The van der Waals surface area contributed by atoms with Crippen molar-refractivity contribution in [1.82, 2.24) is 0 Å². The fraction of sp³-hybridized carbons (Fsp3) is 0.775. The summed E-state index contributed by atoms with van der Waals surface area (Å²) in [5, 5.41) is 11.6. The highest BCUT2D eigenvalue weighted by Gasteiger charge is 2.25. The van der Waals surface area contributed by atoms with Crippen LogP contribution in [0.3, 0.4) is 0 Å². The lowest BCUT2D eigenvalue weighted by Crippen LogP contribution is -2.55. The van der Waals surface area contributed by atoms with Crippen LogP contribution >= 0.6 is 0 Å². The van der Waals surface area contributed by atoms with Gasteiger partial charge in [-0.25, -0.2) is 0 Å². The van der Waals surface area contributed by atoms with Crippen LogP contribution in [0.5, 0.6) is 0 Å². The number of allylic oxidation sites excluding steroid dienone is 6. The first-order valence-corrected chi connectivity index (χ1v) is 19.0. The van der Waals surface area contributed by atoms with Crippen LogP contribution in [0.1, 0.15) is 149 Å². The number of nitrogens with zero attached hydrogens (tertiary/aromatic N) is 1. The fourth-order valence-corrected chi connectivity index (χ4v) is 5.26. The van der Waals surface area contributed by atoms with Gasteiger partial charge in [0, 0.05) is 19.3 Å². The molecule has 0 fully saturated rings. The van der Waals surface area contributed by atoms with Crippen molar-refractivity contribution in [2.75, 3.05) is 41.0 Å². The highest BCUT2D eigenvalue weighted by atomic mass is 16.6. The number of quaternary nitrogens is 1. The Kier molecular flexibility index (Phi) is 30.2. The smallest absolute Gasteiger partial charge is 0.306 e. The summed E-state index contributed by atoms with van der Waals surface area (Å²) in [6.45, 7) is 4.47. The molecule has 0 heterocycles. The molecule has 8 heteroatoms. The maximum atomic E-state index is 12.6. The van der Waals surface area contributed by atoms with Crippen LogP contribution in [-0.2, 0) is 28.6 Å². The highest BCUT2D eigenvalue weighted by Crippen LogP contribution is 2.13. The molecule has 0 aromatic rings. The number of aliphatic carboxylic acids is 1. The standard InChI is InChI=1S/C40H71NO7/c1-6-8-10-12-14-16-18-19-20-21-23-24-26-28-30-38(42)47-35-36(34-46-33-32-37(40(44)45)41(3,4)5)48-39(43)31-29-27-25-22-17-15-13-11-9-7-2/h8,10,13-16,36-37H,6-7,9,11-12,17-35H2,1-5H3/b10-8+,15-13+,16-14+. The molecule has 8 nitrogen and oxygen atoms in total. The minimum absolute atomic E-state index is 0.0337. The van der Waals surface area contributed by atoms with Gasteiger partial charge in [-0.2, -0.15) is 0 Å². The van der Waals surface area contributed by atoms with E-state index < -0.39 is 18.1 Å². The number of carbonyl (C=O) groups excluding carboxylic acids is 3. The second kappa shape index (κ2) is 31.8. The van der Waals surface area contributed by atoms with Crippen LogP contribution in [-0.4, -0.2) is 75.5 Å². The Labute approximate surface area is 293 Å². The van der Waals surface area contributed by atoms with E-state index in [0.29, 0.717) is 12.8 Å². The number of ether oxygens (including phenoxy) is 3. The summed E-state index contributed by atoms with van der Waals surface area (Å²) < 4.78 is 17.0. The molecule has 0 saturated heterocycles. The van der Waals surface area contributed by atoms with Gasteiger partial charge in [0.15, 0.2) is 6.10 Å². The topological polar surface area (TPSA) is 102 Å². The number of rotatable bonds is 33. The zero-order valence-electron chi connectivity index (χ0n) is 31.4. The second-order valence-corrected chi connectivity index (χ2v) is 13.8. The first kappa shape index (κ1) is 45.6. The number of carboxylic acids is 1. The van der Waals surface area contributed by atoms with E-state index in [2.05, 4.69) is 50.3 Å². The van der Waals surface area contributed by atoms with Crippen molar-refractivity contribution in [3.63, 3.8) is 0 Å². The summed E-state index contributed by atoms with van der Waals surface area (Å²) in [5.41, 5.74) is 0. The minimum Gasteiger partial charge on any atom is -0.544 e. The monoisotopic (exact) mass is 678 g/mol. The van der Waals surface area contributed by atoms with Gasteiger partial charge >= 0.3 is 11.9 Å². The van der Waals surface area contributed by atoms with E-state index in [-0.39, 0.29) is 42.7 Å². The van der Waals surface area contributed by atoms with Gasteiger partial charge in [0.1, 0.15) is 12.6 Å². The number of hydrogen-bond acceptors (Lipinski definition) is 7. The van der Waals surface area contributed by atoms with Gasteiger partial charge in [0.2, 0.25) is 0 Å². The van der Waals surface area contributed by atoms with Crippen LogP contribution in [0.2, 0.25) is 0 Å². The van der Waals surface area contributed by atoms with Crippen molar-refractivity contribution in [3.05, 3.63) is 36.5 Å². The molecule has 0 saturated carbocycles. The molecule has 0 radical (unpaired) electrons. The van der Waals surface area contributed by atoms with E-state index in [1.807, 2.05) is 0 Å². The Morgan fingerprint density at radius 1 is 0.646 bits per heavy atom. The second-order valence-electron chi connectivity index (χ2n) is 13.8. The molecule has 0 amide bonds. The molecule has 48 heavy (non-hydrogen) atoms. The van der Waals surface area contributed by atoms with Crippen LogP contribution in [0, 0.1) is 0 Å². The van der Waals surface area contributed by atoms with Gasteiger partial charge in [-0.05, 0) is 57.8 Å². The molecule has 2 atom stereocenters. The Morgan fingerprint density at radius 3 is 1.73 bits per heavy atom. The number of likely N-dealkylation sites (N-methyl/N-ethyl adjacent to an activating group) is 1. The van der Waals surface area contributed by atoms with Crippen molar-refractivity contribution in [1.29, 1.82) is 0 Å². The zero-order valence-corrected chi connectivity index (χ0v) is 31.4. The van der Waals surface area contributed by atoms with Crippen molar-refractivity contribution in [2.24, 2.45) is 0 Å². The quantitative estimate of drug-likeness (QED) is 0.0299. The maximum absolute atomic E-state index is 12.6. The largest absolute Gasteiger partial charge is 0.544 e. The molecule has 278 valence electrons. The van der Waals surface area contributed by atoms with E-state index in [0.717, 1.165) is 77.0 Å².